The molecule has 0 radical (unpaired) electrons. The molecule has 1 nitrogen and oxygen atoms in total. The van der Waals surface area contributed by atoms with Crippen molar-refractivity contribution < 1.29 is 5.11 Å². The second kappa shape index (κ2) is 4.62. The first-order chi connectivity index (χ1) is 4.72. The van der Waals surface area contributed by atoms with Crippen LogP contribution in [0.2, 0.25) is 0 Å². The fourth-order valence-corrected chi connectivity index (χ4v) is 0.482. The monoisotopic (exact) mass is 136 g/mol. The van der Waals surface area contributed by atoms with Crippen molar-refractivity contribution in [3.63, 3.8) is 0 Å². The van der Waals surface area contributed by atoms with Gasteiger partial charge in [-0.15, -0.1) is 0 Å². The van der Waals surface area contributed by atoms with Crippen molar-refractivity contribution >= 4 is 0 Å². The van der Waals surface area contributed by atoms with E-state index in [9.17, 15) is 0 Å². The molecule has 0 aliphatic rings. The summed E-state index contributed by atoms with van der Waals surface area (Å²) in [5, 5.41) is 8.87. The number of rotatable bonds is 3. The lowest BCUT2D eigenvalue weighted by molar-refractivity contribution is 0.429. The van der Waals surface area contributed by atoms with Crippen LogP contribution in [-0.2, 0) is 0 Å². The van der Waals surface area contributed by atoms with Gasteiger partial charge in [0.2, 0.25) is 0 Å². The minimum atomic E-state index is 0.0492. The Bertz CT molecular complexity index is 185. The summed E-state index contributed by atoms with van der Waals surface area (Å²) in [6, 6.07) is 0. The summed E-state index contributed by atoms with van der Waals surface area (Å²) < 4.78 is 0. The predicted molar refractivity (Wildman–Crippen MR) is 44.9 cm³/mol. The Kier molecular flexibility index (Phi) is 4.05. The summed E-state index contributed by atoms with van der Waals surface area (Å²) in [5.41, 5.74) is 0.651. The van der Waals surface area contributed by atoms with Gasteiger partial charge in [-0.05, 0) is 6.92 Å². The van der Waals surface area contributed by atoms with Gasteiger partial charge in [0.15, 0.2) is 0 Å². The van der Waals surface area contributed by atoms with E-state index in [2.05, 4.69) is 13.2 Å². The van der Waals surface area contributed by atoms with Crippen LogP contribution in [0.4, 0.5) is 0 Å². The molecular formula is C9H12O. The van der Waals surface area contributed by atoms with Crippen LogP contribution in [0.3, 0.4) is 0 Å². The topological polar surface area (TPSA) is 20.2 Å². The van der Waals surface area contributed by atoms with E-state index in [1.54, 1.807) is 12.2 Å². The van der Waals surface area contributed by atoms with E-state index in [0.717, 1.165) is 0 Å². The van der Waals surface area contributed by atoms with Crippen LogP contribution >= 0.6 is 0 Å². The highest BCUT2D eigenvalue weighted by Crippen LogP contribution is 2.04. The van der Waals surface area contributed by atoms with E-state index in [4.69, 9.17) is 5.11 Å². The van der Waals surface area contributed by atoms with Crippen molar-refractivity contribution in [2.45, 2.75) is 6.92 Å². The Labute approximate surface area is 61.7 Å². The molecule has 0 spiro atoms. The highest BCUT2D eigenvalue weighted by Gasteiger charge is 1.89. The molecule has 0 saturated heterocycles. The Morgan fingerprint density at radius 2 is 2.10 bits per heavy atom. The maximum absolute atomic E-state index is 8.87. The van der Waals surface area contributed by atoms with E-state index in [1.807, 2.05) is 19.1 Å². The number of aliphatic hydroxyl groups excluding tert-OH is 1. The van der Waals surface area contributed by atoms with Crippen LogP contribution in [0.1, 0.15) is 6.92 Å². The number of allylic oxidation sites excluding steroid dienone is 4. The second-order valence-corrected chi connectivity index (χ2v) is 1.80. The molecule has 0 unspecified atom stereocenters. The zero-order chi connectivity index (χ0) is 7.98. The molecule has 0 bridgehead atoms. The summed E-state index contributed by atoms with van der Waals surface area (Å²) in [5.74, 6) is 0.0492. The zero-order valence-corrected chi connectivity index (χ0v) is 6.17. The average molecular weight is 136 g/mol. The molecular weight excluding hydrogens is 124 g/mol. The van der Waals surface area contributed by atoms with Crippen LogP contribution in [0.5, 0.6) is 0 Å². The fraction of sp³-hybridized carbons (Fsp3) is 0.111. The Morgan fingerprint density at radius 1 is 1.50 bits per heavy atom. The molecule has 0 aromatic carbocycles. The fourth-order valence-electron chi connectivity index (χ4n) is 0.482. The van der Waals surface area contributed by atoms with E-state index < -0.39 is 0 Å². The molecule has 54 valence electrons. The standard InChI is InChI=1S/C9H12O/c1-4-6-7-9(5-2)8(3)10/h4-7,10H,2-3H2,1H3/b6-4-,9-7+. The molecule has 1 heteroatoms. The Morgan fingerprint density at radius 3 is 2.40 bits per heavy atom. The van der Waals surface area contributed by atoms with Gasteiger partial charge in [0.1, 0.15) is 5.76 Å². The highest BCUT2D eigenvalue weighted by molar-refractivity contribution is 5.34. The van der Waals surface area contributed by atoms with Gasteiger partial charge < -0.3 is 5.11 Å². The molecule has 0 saturated carbocycles. The molecule has 0 rings (SSSR count). The molecule has 0 aliphatic carbocycles. The molecule has 0 atom stereocenters. The van der Waals surface area contributed by atoms with Gasteiger partial charge in [0.05, 0.1) is 0 Å². The van der Waals surface area contributed by atoms with Crippen molar-refractivity contribution in [2.24, 2.45) is 0 Å². The summed E-state index contributed by atoms with van der Waals surface area (Å²) in [6.45, 7) is 8.77. The third kappa shape index (κ3) is 2.92. The van der Waals surface area contributed by atoms with Crippen LogP contribution in [0.15, 0.2) is 48.8 Å². The molecule has 0 aromatic heterocycles. The largest absolute Gasteiger partial charge is 0.508 e. The lowest BCUT2D eigenvalue weighted by atomic mass is 10.2. The average Bonchev–Trinajstić information content (AvgIpc) is 1.89. The summed E-state index contributed by atoms with van der Waals surface area (Å²) in [7, 11) is 0. The Balaban J connectivity index is 4.33. The minimum absolute atomic E-state index is 0.0492. The summed E-state index contributed by atoms with van der Waals surface area (Å²) in [6.07, 6.45) is 6.99. The summed E-state index contributed by atoms with van der Waals surface area (Å²) in [4.78, 5) is 0. The first kappa shape index (κ1) is 8.76. The molecule has 1 N–H and O–H groups in total. The van der Waals surface area contributed by atoms with E-state index in [1.165, 1.54) is 0 Å². The molecule has 0 amide bonds. The third-order valence-electron chi connectivity index (χ3n) is 1.02. The molecule has 0 fully saturated rings. The van der Waals surface area contributed by atoms with Crippen LogP contribution in [-0.4, -0.2) is 5.11 Å². The van der Waals surface area contributed by atoms with E-state index in [-0.39, 0.29) is 5.76 Å². The number of aliphatic hydroxyl groups is 1. The third-order valence-corrected chi connectivity index (χ3v) is 1.02. The molecule has 0 aliphatic heterocycles. The van der Waals surface area contributed by atoms with Crippen molar-refractivity contribution in [1.29, 1.82) is 0 Å². The Hall–Kier alpha value is -1.24. The van der Waals surface area contributed by atoms with Gasteiger partial charge in [0, 0.05) is 5.57 Å². The highest BCUT2D eigenvalue weighted by atomic mass is 16.3. The normalized spacial score (nSPS) is 11.9. The quantitative estimate of drug-likeness (QED) is 0.467. The van der Waals surface area contributed by atoms with Gasteiger partial charge >= 0.3 is 0 Å². The zero-order valence-electron chi connectivity index (χ0n) is 6.17. The van der Waals surface area contributed by atoms with Gasteiger partial charge in [-0.2, -0.15) is 0 Å². The lowest BCUT2D eigenvalue weighted by Crippen LogP contribution is -1.79. The van der Waals surface area contributed by atoms with E-state index >= 15 is 0 Å². The number of hydrogen-bond acceptors (Lipinski definition) is 1. The molecule has 0 heterocycles. The number of hydrogen-bond donors (Lipinski definition) is 1. The maximum Gasteiger partial charge on any atom is 0.115 e. The van der Waals surface area contributed by atoms with Gasteiger partial charge in [-0.1, -0.05) is 37.5 Å². The first-order valence-electron chi connectivity index (χ1n) is 3.06. The van der Waals surface area contributed by atoms with Gasteiger partial charge in [-0.3, -0.25) is 0 Å². The summed E-state index contributed by atoms with van der Waals surface area (Å²) >= 11 is 0. The van der Waals surface area contributed by atoms with Crippen molar-refractivity contribution in [3.8, 4) is 0 Å². The predicted octanol–water partition coefficient (Wildman–Crippen LogP) is 2.75. The molecule has 0 aromatic rings. The van der Waals surface area contributed by atoms with Crippen LogP contribution < -0.4 is 0 Å². The van der Waals surface area contributed by atoms with E-state index in [0.29, 0.717) is 5.57 Å². The van der Waals surface area contributed by atoms with Crippen molar-refractivity contribution in [2.75, 3.05) is 0 Å². The lowest BCUT2D eigenvalue weighted by Gasteiger charge is -1.94. The first-order valence-corrected chi connectivity index (χ1v) is 3.06. The van der Waals surface area contributed by atoms with Crippen molar-refractivity contribution in [3.05, 3.63) is 48.8 Å². The van der Waals surface area contributed by atoms with Gasteiger partial charge in [-0.25, -0.2) is 0 Å². The maximum atomic E-state index is 8.87. The smallest absolute Gasteiger partial charge is 0.115 e. The molecule has 10 heavy (non-hydrogen) atoms. The minimum Gasteiger partial charge on any atom is -0.508 e. The van der Waals surface area contributed by atoms with Gasteiger partial charge in [0.25, 0.3) is 0 Å². The second-order valence-electron chi connectivity index (χ2n) is 1.80. The van der Waals surface area contributed by atoms with Crippen LogP contribution in [0, 0.1) is 0 Å². The SMILES string of the molecule is C=C/C(=C\C=C/C)C(=C)O. The van der Waals surface area contributed by atoms with Crippen molar-refractivity contribution in [1.82, 2.24) is 0 Å². The van der Waals surface area contributed by atoms with Crippen LogP contribution in [0.25, 0.3) is 0 Å².